The number of hydrogen-bond donors (Lipinski definition) is 1. The van der Waals surface area contributed by atoms with Crippen molar-refractivity contribution >= 4 is 34.0 Å². The largest absolute Gasteiger partial charge is 0.423 e. The van der Waals surface area contributed by atoms with Gasteiger partial charge in [-0.25, -0.2) is 10.2 Å². The molecule has 5 nitrogen and oxygen atoms in total. The Morgan fingerprint density at radius 2 is 1.85 bits per heavy atom. The molecule has 0 saturated heterocycles. The first-order valence-corrected chi connectivity index (χ1v) is 9.82. The minimum atomic E-state index is -0.442. The van der Waals surface area contributed by atoms with E-state index in [0.29, 0.717) is 15.8 Å². The summed E-state index contributed by atoms with van der Waals surface area (Å²) in [5.74, 6) is 0.00967. The van der Waals surface area contributed by atoms with Crippen molar-refractivity contribution in [3.8, 4) is 5.75 Å². The van der Waals surface area contributed by atoms with Crippen LogP contribution in [0.3, 0.4) is 0 Å². The van der Waals surface area contributed by atoms with Gasteiger partial charge in [0.25, 0.3) is 0 Å². The zero-order valence-corrected chi connectivity index (χ0v) is 16.4. The number of benzene rings is 2. The molecule has 3 rings (SSSR count). The number of halogens is 1. The van der Waals surface area contributed by atoms with Crippen LogP contribution in [0.15, 0.2) is 58.1 Å². The topological polar surface area (TPSA) is 67.8 Å². The van der Waals surface area contributed by atoms with Gasteiger partial charge >= 0.3 is 5.97 Å². The Morgan fingerprint density at radius 3 is 2.63 bits per heavy atom. The van der Waals surface area contributed by atoms with Gasteiger partial charge in [-0.15, -0.1) is 0 Å². The fourth-order valence-corrected chi connectivity index (χ4v) is 3.52. The fraction of sp³-hybridized carbons (Fsp3) is 0.286. The van der Waals surface area contributed by atoms with Gasteiger partial charge in [0, 0.05) is 10.4 Å². The molecule has 6 heteroatoms. The molecule has 0 aliphatic heterocycles. The van der Waals surface area contributed by atoms with Crippen molar-refractivity contribution in [2.75, 3.05) is 0 Å². The average Bonchev–Trinajstić information content (AvgIpc) is 2.69. The molecule has 0 spiro atoms. The molecule has 1 N–H and O–H groups in total. The number of amides is 1. The standard InChI is InChI=1S/C21H21BrN2O3/c22-19-12-5-4-11-18(19)21(26)27-17-10-6-7-15(13-17)14-23-24-20(25)16-8-2-1-3-9-16/h4-7,10-14,16H,1-3,8-9H2,(H,24,25). The molecule has 0 bridgehead atoms. The first-order chi connectivity index (χ1) is 13.1. The third-order valence-electron chi connectivity index (χ3n) is 4.53. The second-order valence-electron chi connectivity index (χ2n) is 6.51. The van der Waals surface area contributed by atoms with E-state index in [2.05, 4.69) is 26.5 Å². The number of ether oxygens (including phenoxy) is 1. The Balaban J connectivity index is 1.59. The number of nitrogens with zero attached hydrogens (tertiary/aromatic N) is 1. The van der Waals surface area contributed by atoms with Gasteiger partial charge in [0.1, 0.15) is 5.75 Å². The highest BCUT2D eigenvalue weighted by atomic mass is 79.9. The van der Waals surface area contributed by atoms with Gasteiger partial charge in [-0.3, -0.25) is 4.79 Å². The third kappa shape index (κ3) is 5.50. The predicted molar refractivity (Wildman–Crippen MR) is 108 cm³/mol. The molecule has 0 heterocycles. The summed E-state index contributed by atoms with van der Waals surface area (Å²) in [5.41, 5.74) is 3.80. The van der Waals surface area contributed by atoms with Crippen LogP contribution in [0.4, 0.5) is 0 Å². The van der Waals surface area contributed by atoms with Crippen LogP contribution < -0.4 is 10.2 Å². The monoisotopic (exact) mass is 428 g/mol. The van der Waals surface area contributed by atoms with Crippen molar-refractivity contribution in [3.63, 3.8) is 0 Å². The maximum Gasteiger partial charge on any atom is 0.344 e. The smallest absolute Gasteiger partial charge is 0.344 e. The molecule has 140 valence electrons. The lowest BCUT2D eigenvalue weighted by Gasteiger charge is -2.19. The van der Waals surface area contributed by atoms with Crippen LogP contribution in [-0.2, 0) is 4.79 Å². The SMILES string of the molecule is O=C(Oc1cccc(C=NNC(=O)C2CCCCC2)c1)c1ccccc1Br. The molecule has 0 unspecified atom stereocenters. The van der Waals surface area contributed by atoms with E-state index in [0.717, 1.165) is 31.2 Å². The molecular formula is C21H21BrN2O3. The normalized spacial score (nSPS) is 14.9. The number of esters is 1. The van der Waals surface area contributed by atoms with Crippen LogP contribution >= 0.6 is 15.9 Å². The van der Waals surface area contributed by atoms with Crippen molar-refractivity contribution in [2.24, 2.45) is 11.0 Å². The van der Waals surface area contributed by atoms with E-state index in [-0.39, 0.29) is 11.8 Å². The van der Waals surface area contributed by atoms with Crippen LogP contribution in [0.1, 0.15) is 48.0 Å². The zero-order chi connectivity index (χ0) is 19.1. The summed E-state index contributed by atoms with van der Waals surface area (Å²) in [6, 6.07) is 14.1. The van der Waals surface area contributed by atoms with Gasteiger partial charge in [-0.1, -0.05) is 43.5 Å². The van der Waals surface area contributed by atoms with Crippen LogP contribution in [0.2, 0.25) is 0 Å². The minimum Gasteiger partial charge on any atom is -0.423 e. The maximum atomic E-state index is 12.3. The molecule has 0 radical (unpaired) electrons. The second-order valence-corrected chi connectivity index (χ2v) is 7.37. The lowest BCUT2D eigenvalue weighted by Crippen LogP contribution is -2.28. The van der Waals surface area contributed by atoms with Crippen molar-refractivity contribution in [1.29, 1.82) is 0 Å². The third-order valence-corrected chi connectivity index (χ3v) is 5.22. The van der Waals surface area contributed by atoms with Gasteiger partial charge in [-0.2, -0.15) is 5.10 Å². The summed E-state index contributed by atoms with van der Waals surface area (Å²) in [5, 5.41) is 4.04. The summed E-state index contributed by atoms with van der Waals surface area (Å²) in [6.07, 6.45) is 6.83. The highest BCUT2D eigenvalue weighted by Crippen LogP contribution is 2.23. The minimum absolute atomic E-state index is 0.0255. The molecule has 1 saturated carbocycles. The zero-order valence-electron chi connectivity index (χ0n) is 14.9. The van der Waals surface area contributed by atoms with Crippen molar-refractivity contribution in [2.45, 2.75) is 32.1 Å². The molecule has 2 aromatic carbocycles. The van der Waals surface area contributed by atoms with E-state index < -0.39 is 5.97 Å². The number of rotatable bonds is 5. The van der Waals surface area contributed by atoms with E-state index in [1.165, 1.54) is 6.42 Å². The van der Waals surface area contributed by atoms with E-state index in [9.17, 15) is 9.59 Å². The Labute approximate surface area is 166 Å². The lowest BCUT2D eigenvalue weighted by molar-refractivity contribution is -0.125. The second kappa shape index (κ2) is 9.46. The summed E-state index contributed by atoms with van der Waals surface area (Å²) < 4.78 is 6.11. The Kier molecular flexibility index (Phi) is 6.76. The predicted octanol–water partition coefficient (Wildman–Crippen LogP) is 4.70. The summed E-state index contributed by atoms with van der Waals surface area (Å²) in [4.78, 5) is 24.4. The van der Waals surface area contributed by atoms with Crippen LogP contribution in [0, 0.1) is 5.92 Å². The highest BCUT2D eigenvalue weighted by Gasteiger charge is 2.20. The first-order valence-electron chi connectivity index (χ1n) is 9.03. The number of nitrogens with one attached hydrogen (secondary N) is 1. The summed E-state index contributed by atoms with van der Waals surface area (Å²) in [6.45, 7) is 0. The van der Waals surface area contributed by atoms with Crippen LogP contribution in [0.25, 0.3) is 0 Å². The molecule has 27 heavy (non-hydrogen) atoms. The summed E-state index contributed by atoms with van der Waals surface area (Å²) in [7, 11) is 0. The van der Waals surface area contributed by atoms with Crippen LogP contribution in [0.5, 0.6) is 5.75 Å². The van der Waals surface area contributed by atoms with Crippen molar-refractivity contribution in [3.05, 3.63) is 64.1 Å². The van der Waals surface area contributed by atoms with Gasteiger partial charge in [-0.05, 0) is 58.6 Å². The van der Waals surface area contributed by atoms with Gasteiger partial charge in [0.05, 0.1) is 11.8 Å². The Bertz CT molecular complexity index is 845. The number of hydrogen-bond acceptors (Lipinski definition) is 4. The molecule has 1 amide bonds. The van der Waals surface area contributed by atoms with Gasteiger partial charge in [0.2, 0.25) is 5.91 Å². The fourth-order valence-electron chi connectivity index (χ4n) is 3.07. The van der Waals surface area contributed by atoms with Gasteiger partial charge in [0.15, 0.2) is 0 Å². The highest BCUT2D eigenvalue weighted by molar-refractivity contribution is 9.10. The molecule has 1 aliphatic carbocycles. The number of carbonyl (C=O) groups excluding carboxylic acids is 2. The average molecular weight is 429 g/mol. The maximum absolute atomic E-state index is 12.3. The van der Waals surface area contributed by atoms with Crippen LogP contribution in [-0.4, -0.2) is 18.1 Å². The van der Waals surface area contributed by atoms with Crippen molar-refractivity contribution in [1.82, 2.24) is 5.43 Å². The van der Waals surface area contributed by atoms with E-state index >= 15 is 0 Å². The lowest BCUT2D eigenvalue weighted by atomic mass is 9.89. The first kappa shape index (κ1) is 19.3. The Hall–Kier alpha value is -2.47. The molecule has 1 fully saturated rings. The van der Waals surface area contributed by atoms with Crippen molar-refractivity contribution < 1.29 is 14.3 Å². The Morgan fingerprint density at radius 1 is 1.07 bits per heavy atom. The quantitative estimate of drug-likeness (QED) is 0.324. The molecule has 0 aromatic heterocycles. The van der Waals surface area contributed by atoms with E-state index in [4.69, 9.17) is 4.74 Å². The molecule has 1 aliphatic rings. The number of carbonyl (C=O) groups is 2. The van der Waals surface area contributed by atoms with Gasteiger partial charge < -0.3 is 4.74 Å². The molecule has 2 aromatic rings. The number of hydrazone groups is 1. The molecule has 0 atom stereocenters. The van der Waals surface area contributed by atoms with E-state index in [1.54, 1.807) is 42.6 Å². The molecular weight excluding hydrogens is 408 g/mol. The van der Waals surface area contributed by atoms with E-state index in [1.807, 2.05) is 12.1 Å². The summed E-state index contributed by atoms with van der Waals surface area (Å²) >= 11 is 3.34.